The molecule has 0 fully saturated rings. The fourth-order valence-corrected chi connectivity index (χ4v) is 1.35. The van der Waals surface area contributed by atoms with Gasteiger partial charge in [0.05, 0.1) is 5.56 Å². The highest BCUT2D eigenvalue weighted by molar-refractivity contribution is 5.96. The Bertz CT molecular complexity index is 518. The standard InChI is InChI=1S/C12H12N4O.ClH/c13-11(14)10-4-2-6-16-12(10)17-8-9-3-1-5-15-7-9;/h1-7H,8H2,(H3,13,14);1H. The van der Waals surface area contributed by atoms with Crippen molar-refractivity contribution < 1.29 is 4.74 Å². The van der Waals surface area contributed by atoms with E-state index >= 15 is 0 Å². The lowest BCUT2D eigenvalue weighted by Crippen LogP contribution is -2.13. The number of nitrogen functional groups attached to an aromatic ring is 1. The first kappa shape index (κ1) is 13.9. The van der Waals surface area contributed by atoms with Gasteiger partial charge >= 0.3 is 0 Å². The number of pyridine rings is 2. The molecule has 0 aliphatic heterocycles. The maximum absolute atomic E-state index is 7.40. The van der Waals surface area contributed by atoms with E-state index in [1.165, 1.54) is 0 Å². The third kappa shape index (κ3) is 3.43. The predicted molar refractivity (Wildman–Crippen MR) is 71.1 cm³/mol. The maximum atomic E-state index is 7.40. The zero-order valence-electron chi connectivity index (χ0n) is 9.54. The van der Waals surface area contributed by atoms with Crippen molar-refractivity contribution in [1.82, 2.24) is 9.97 Å². The Kier molecular flexibility index (Phi) is 5.07. The van der Waals surface area contributed by atoms with Crippen molar-refractivity contribution in [3.63, 3.8) is 0 Å². The Morgan fingerprint density at radius 2 is 2.06 bits per heavy atom. The third-order valence-electron chi connectivity index (χ3n) is 2.16. The van der Waals surface area contributed by atoms with Crippen molar-refractivity contribution in [1.29, 1.82) is 5.41 Å². The highest BCUT2D eigenvalue weighted by Crippen LogP contribution is 2.14. The van der Waals surface area contributed by atoms with Crippen LogP contribution in [0, 0.1) is 5.41 Å². The van der Waals surface area contributed by atoms with E-state index in [1.807, 2.05) is 12.1 Å². The molecule has 5 nitrogen and oxygen atoms in total. The molecule has 2 rings (SSSR count). The van der Waals surface area contributed by atoms with E-state index in [0.29, 0.717) is 18.1 Å². The molecular weight excluding hydrogens is 252 g/mol. The number of nitrogens with zero attached hydrogens (tertiary/aromatic N) is 2. The van der Waals surface area contributed by atoms with Crippen molar-refractivity contribution in [2.75, 3.05) is 0 Å². The average Bonchev–Trinajstić information content (AvgIpc) is 2.38. The number of ether oxygens (including phenoxy) is 1. The molecule has 6 heteroatoms. The molecule has 0 radical (unpaired) electrons. The van der Waals surface area contributed by atoms with Crippen molar-refractivity contribution >= 4 is 18.2 Å². The third-order valence-corrected chi connectivity index (χ3v) is 2.16. The molecule has 0 unspecified atom stereocenters. The van der Waals surface area contributed by atoms with E-state index in [1.54, 1.807) is 30.7 Å². The summed E-state index contributed by atoms with van der Waals surface area (Å²) in [6, 6.07) is 7.16. The molecule has 94 valence electrons. The van der Waals surface area contributed by atoms with Crippen molar-refractivity contribution in [3.05, 3.63) is 54.0 Å². The van der Waals surface area contributed by atoms with Gasteiger partial charge in [-0.25, -0.2) is 4.98 Å². The van der Waals surface area contributed by atoms with Crippen molar-refractivity contribution in [2.45, 2.75) is 6.61 Å². The smallest absolute Gasteiger partial charge is 0.224 e. The minimum absolute atomic E-state index is 0. The van der Waals surface area contributed by atoms with Crippen LogP contribution in [0.5, 0.6) is 5.88 Å². The zero-order valence-corrected chi connectivity index (χ0v) is 10.4. The van der Waals surface area contributed by atoms with Gasteiger partial charge in [0.2, 0.25) is 5.88 Å². The van der Waals surface area contributed by atoms with Crippen LogP contribution in [-0.2, 0) is 6.61 Å². The summed E-state index contributed by atoms with van der Waals surface area (Å²) in [5, 5.41) is 7.40. The Morgan fingerprint density at radius 3 is 2.72 bits per heavy atom. The summed E-state index contributed by atoms with van der Waals surface area (Å²) in [5.41, 5.74) is 6.87. The summed E-state index contributed by atoms with van der Waals surface area (Å²) >= 11 is 0. The monoisotopic (exact) mass is 264 g/mol. The quantitative estimate of drug-likeness (QED) is 0.651. The Labute approximate surface area is 111 Å². The first-order valence-electron chi connectivity index (χ1n) is 5.08. The van der Waals surface area contributed by atoms with Crippen LogP contribution in [0.2, 0.25) is 0 Å². The average molecular weight is 265 g/mol. The Balaban J connectivity index is 0.00000162. The minimum Gasteiger partial charge on any atom is -0.472 e. The molecule has 0 aliphatic rings. The van der Waals surface area contributed by atoms with Gasteiger partial charge in [0.15, 0.2) is 0 Å². The summed E-state index contributed by atoms with van der Waals surface area (Å²) < 4.78 is 5.51. The number of aromatic nitrogens is 2. The van der Waals surface area contributed by atoms with Crippen molar-refractivity contribution in [3.8, 4) is 5.88 Å². The zero-order chi connectivity index (χ0) is 12.1. The highest BCUT2D eigenvalue weighted by atomic mass is 35.5. The van der Waals surface area contributed by atoms with Gasteiger partial charge in [-0.2, -0.15) is 0 Å². The molecule has 0 saturated heterocycles. The second-order valence-electron chi connectivity index (χ2n) is 3.42. The van der Waals surface area contributed by atoms with E-state index in [-0.39, 0.29) is 18.2 Å². The predicted octanol–water partition coefficient (Wildman–Crippen LogP) is 1.76. The summed E-state index contributed by atoms with van der Waals surface area (Å²) in [6.07, 6.45) is 5.02. The van der Waals surface area contributed by atoms with Gasteiger partial charge in [0.1, 0.15) is 12.4 Å². The molecule has 2 aromatic rings. The van der Waals surface area contributed by atoms with E-state index in [0.717, 1.165) is 5.56 Å². The van der Waals surface area contributed by atoms with Crippen LogP contribution in [-0.4, -0.2) is 15.8 Å². The van der Waals surface area contributed by atoms with Gasteiger partial charge in [-0.3, -0.25) is 10.4 Å². The Morgan fingerprint density at radius 1 is 1.28 bits per heavy atom. The number of nitrogens with one attached hydrogen (secondary N) is 1. The fourth-order valence-electron chi connectivity index (χ4n) is 1.35. The number of hydrogen-bond acceptors (Lipinski definition) is 4. The van der Waals surface area contributed by atoms with Crippen LogP contribution in [0.25, 0.3) is 0 Å². The molecule has 0 aliphatic carbocycles. The fraction of sp³-hybridized carbons (Fsp3) is 0.0833. The molecule has 18 heavy (non-hydrogen) atoms. The second kappa shape index (κ2) is 6.56. The molecule has 0 bridgehead atoms. The second-order valence-corrected chi connectivity index (χ2v) is 3.42. The van der Waals surface area contributed by atoms with E-state index in [9.17, 15) is 0 Å². The van der Waals surface area contributed by atoms with Crippen molar-refractivity contribution in [2.24, 2.45) is 5.73 Å². The SMILES string of the molecule is Cl.N=C(N)c1cccnc1OCc1cccnc1. The van der Waals surface area contributed by atoms with E-state index in [2.05, 4.69) is 9.97 Å². The molecule has 0 spiro atoms. The van der Waals surface area contributed by atoms with E-state index in [4.69, 9.17) is 15.9 Å². The lowest BCUT2D eigenvalue weighted by molar-refractivity contribution is 0.293. The Hall–Kier alpha value is -2.14. The number of rotatable bonds is 4. The van der Waals surface area contributed by atoms with Crippen LogP contribution in [0.1, 0.15) is 11.1 Å². The van der Waals surface area contributed by atoms with Gasteiger partial charge < -0.3 is 10.5 Å². The molecular formula is C12H13ClN4O. The molecule has 0 aromatic carbocycles. The summed E-state index contributed by atoms with van der Waals surface area (Å²) in [7, 11) is 0. The lowest BCUT2D eigenvalue weighted by atomic mass is 10.2. The minimum atomic E-state index is -0.0562. The number of nitrogens with two attached hydrogens (primary N) is 1. The first-order chi connectivity index (χ1) is 8.27. The lowest BCUT2D eigenvalue weighted by Gasteiger charge is -2.08. The van der Waals surface area contributed by atoms with E-state index < -0.39 is 0 Å². The largest absolute Gasteiger partial charge is 0.472 e. The molecule has 2 aromatic heterocycles. The van der Waals surface area contributed by atoms with Crippen LogP contribution in [0.4, 0.5) is 0 Å². The molecule has 0 amide bonds. The van der Waals surface area contributed by atoms with Crippen LogP contribution >= 0.6 is 12.4 Å². The summed E-state index contributed by atoms with van der Waals surface area (Å²) in [5.74, 6) is 0.308. The topological polar surface area (TPSA) is 84.9 Å². The van der Waals surface area contributed by atoms with Gasteiger partial charge in [-0.1, -0.05) is 6.07 Å². The summed E-state index contributed by atoms with van der Waals surface area (Å²) in [4.78, 5) is 8.04. The number of hydrogen-bond donors (Lipinski definition) is 2. The first-order valence-corrected chi connectivity index (χ1v) is 5.08. The summed E-state index contributed by atoms with van der Waals surface area (Å²) in [6.45, 7) is 0.352. The van der Waals surface area contributed by atoms with Gasteiger partial charge in [-0.15, -0.1) is 12.4 Å². The van der Waals surface area contributed by atoms with Gasteiger partial charge in [-0.05, 0) is 18.2 Å². The van der Waals surface area contributed by atoms with Crippen LogP contribution in [0.3, 0.4) is 0 Å². The van der Waals surface area contributed by atoms with Crippen LogP contribution in [0.15, 0.2) is 42.9 Å². The van der Waals surface area contributed by atoms with Gasteiger partial charge in [0, 0.05) is 24.2 Å². The molecule has 0 saturated carbocycles. The molecule has 3 N–H and O–H groups in total. The molecule has 0 atom stereocenters. The number of halogens is 1. The van der Waals surface area contributed by atoms with Crippen LogP contribution < -0.4 is 10.5 Å². The highest BCUT2D eigenvalue weighted by Gasteiger charge is 2.07. The normalized spacial score (nSPS) is 9.33. The molecule has 2 heterocycles. The maximum Gasteiger partial charge on any atom is 0.224 e. The van der Waals surface area contributed by atoms with Gasteiger partial charge in [0.25, 0.3) is 0 Å². The number of amidine groups is 1.